The number of ether oxygens (including phenoxy) is 2. The molecule has 14 nitrogen and oxygen atoms in total. The highest BCUT2D eigenvalue weighted by Gasteiger charge is 2.32. The van der Waals surface area contributed by atoms with E-state index in [4.69, 9.17) is 14.3 Å². The van der Waals surface area contributed by atoms with Crippen molar-refractivity contribution in [2.24, 2.45) is 5.41 Å². The molecule has 1 aliphatic heterocycles. The molecule has 0 spiro atoms. The Bertz CT molecular complexity index is 1250. The van der Waals surface area contributed by atoms with E-state index in [-0.39, 0.29) is 56.7 Å². The largest absolute Gasteiger partial charge is 0.527 e. The van der Waals surface area contributed by atoms with Gasteiger partial charge in [-0.05, 0) is 19.1 Å². The summed E-state index contributed by atoms with van der Waals surface area (Å²) in [6, 6.07) is 8.73. The fourth-order valence-corrected chi connectivity index (χ4v) is 3.76. The second-order valence-electron chi connectivity index (χ2n) is 10.2. The van der Waals surface area contributed by atoms with Crippen molar-refractivity contribution < 1.29 is 43.4 Å². The van der Waals surface area contributed by atoms with Crippen LogP contribution in [0.15, 0.2) is 36.4 Å². The Hall–Kier alpha value is -4.46. The zero-order valence-electron chi connectivity index (χ0n) is 23.5. The zero-order chi connectivity index (χ0) is 30.2. The fraction of sp³-hybridized carbons (Fsp3) is 0.481. The van der Waals surface area contributed by atoms with Gasteiger partial charge in [-0.2, -0.15) is 5.10 Å². The van der Waals surface area contributed by atoms with E-state index in [1.165, 1.54) is 20.7 Å². The van der Waals surface area contributed by atoms with Crippen LogP contribution >= 0.6 is 0 Å². The zero-order valence-corrected chi connectivity index (χ0v) is 23.5. The molecular formula is C27H35N5O9. The first-order chi connectivity index (χ1) is 19.4. The number of amides is 2. The van der Waals surface area contributed by atoms with Crippen molar-refractivity contribution >= 4 is 29.7 Å². The first-order valence-electron chi connectivity index (χ1n) is 13.1. The minimum atomic E-state index is -1.38. The summed E-state index contributed by atoms with van der Waals surface area (Å²) in [6.45, 7) is 7.44. The van der Waals surface area contributed by atoms with Crippen molar-refractivity contribution in [2.75, 3.05) is 39.4 Å². The van der Waals surface area contributed by atoms with Gasteiger partial charge in [0.15, 0.2) is 11.5 Å². The lowest BCUT2D eigenvalue weighted by Crippen LogP contribution is -2.55. The maximum Gasteiger partial charge on any atom is 0.527 e. The summed E-state index contributed by atoms with van der Waals surface area (Å²) < 4.78 is 11.8. The smallest absolute Gasteiger partial charge is 0.481 e. The topological polar surface area (TPSA) is 170 Å². The summed E-state index contributed by atoms with van der Waals surface area (Å²) in [5.41, 5.74) is -0.215. The van der Waals surface area contributed by atoms with E-state index in [0.717, 1.165) is 0 Å². The highest BCUT2D eigenvalue weighted by Crippen LogP contribution is 2.22. The first-order valence-corrected chi connectivity index (χ1v) is 13.1. The molecule has 0 saturated carbocycles. The van der Waals surface area contributed by atoms with Gasteiger partial charge in [0.2, 0.25) is 11.8 Å². The number of carboxylic acids is 1. The van der Waals surface area contributed by atoms with Crippen LogP contribution in [-0.4, -0.2) is 100 Å². The average molecular weight is 574 g/mol. The number of para-hydroxylation sites is 1. The number of carbonyl (C=O) groups is 5. The number of rotatable bonds is 11. The number of nitrogens with one attached hydrogen (secondary N) is 1. The third-order valence-electron chi connectivity index (χ3n) is 6.10. The number of nitrogens with zero attached hydrogens (tertiary/aromatic N) is 4. The molecule has 0 radical (unpaired) electrons. The molecule has 1 aliphatic rings. The van der Waals surface area contributed by atoms with Crippen molar-refractivity contribution in [1.82, 2.24) is 25.1 Å². The van der Waals surface area contributed by atoms with E-state index < -0.39 is 41.8 Å². The van der Waals surface area contributed by atoms with E-state index in [1.807, 2.05) is 0 Å². The lowest BCUT2D eigenvalue weighted by molar-refractivity contribution is -0.158. The number of hydroxylamine groups is 2. The number of ketones is 1. The number of piperazine rings is 1. The Kier molecular flexibility index (Phi) is 10.4. The summed E-state index contributed by atoms with van der Waals surface area (Å²) in [5, 5.41) is 17.5. The van der Waals surface area contributed by atoms with Crippen LogP contribution in [0.3, 0.4) is 0 Å². The summed E-state index contributed by atoms with van der Waals surface area (Å²) in [5.74, 6) is -2.73. The number of hydrogen-bond acceptors (Lipinski definition) is 10. The Morgan fingerprint density at radius 2 is 1.71 bits per heavy atom. The van der Waals surface area contributed by atoms with Crippen molar-refractivity contribution in [1.29, 1.82) is 0 Å². The third kappa shape index (κ3) is 8.76. The van der Waals surface area contributed by atoms with Gasteiger partial charge < -0.3 is 29.6 Å². The molecule has 0 bridgehead atoms. The lowest BCUT2D eigenvalue weighted by atomic mass is 9.91. The van der Waals surface area contributed by atoms with Crippen LogP contribution in [0.1, 0.15) is 44.6 Å². The number of aliphatic carboxylic acids is 1. The molecule has 1 fully saturated rings. The molecule has 0 unspecified atom stereocenters. The Morgan fingerprint density at radius 3 is 2.29 bits per heavy atom. The fourth-order valence-electron chi connectivity index (χ4n) is 3.76. The van der Waals surface area contributed by atoms with E-state index in [9.17, 15) is 29.1 Å². The molecule has 2 heterocycles. The van der Waals surface area contributed by atoms with Crippen LogP contribution in [0, 0.1) is 5.41 Å². The normalized spacial score (nSPS) is 14.6. The van der Waals surface area contributed by atoms with Crippen LogP contribution in [0.2, 0.25) is 0 Å². The van der Waals surface area contributed by atoms with Crippen molar-refractivity contribution in [3.8, 4) is 11.6 Å². The van der Waals surface area contributed by atoms with Crippen molar-refractivity contribution in [3.63, 3.8) is 0 Å². The SMILES string of the molecule is CCOC(=O)ON1CCN(C(=O)[C@H](CC(=O)O)NC(=O)c2cc(OCC(=O)C(C)(C)C)n(-c3ccccc3)n2)CC1. The van der Waals surface area contributed by atoms with Gasteiger partial charge >= 0.3 is 12.1 Å². The van der Waals surface area contributed by atoms with Gasteiger partial charge in [0.05, 0.1) is 31.8 Å². The maximum atomic E-state index is 13.2. The average Bonchev–Trinajstić information content (AvgIpc) is 3.35. The van der Waals surface area contributed by atoms with Crippen molar-refractivity contribution in [2.45, 2.75) is 40.2 Å². The molecule has 2 amide bonds. The molecule has 0 aliphatic carbocycles. The summed E-state index contributed by atoms with van der Waals surface area (Å²) >= 11 is 0. The molecule has 1 aromatic heterocycles. The van der Waals surface area contributed by atoms with Crippen LogP contribution < -0.4 is 10.1 Å². The molecular weight excluding hydrogens is 538 g/mol. The minimum Gasteiger partial charge on any atom is -0.481 e. The lowest BCUT2D eigenvalue weighted by Gasteiger charge is -2.34. The second kappa shape index (κ2) is 13.7. The highest BCUT2D eigenvalue weighted by molar-refractivity contribution is 5.97. The van der Waals surface area contributed by atoms with Crippen LogP contribution in [0.25, 0.3) is 5.69 Å². The summed E-state index contributed by atoms with van der Waals surface area (Å²) in [6.07, 6.45) is -1.52. The van der Waals surface area contributed by atoms with E-state index in [1.54, 1.807) is 58.0 Å². The predicted octanol–water partition coefficient (Wildman–Crippen LogP) is 1.67. The molecule has 41 heavy (non-hydrogen) atoms. The van der Waals surface area contributed by atoms with Crippen molar-refractivity contribution in [3.05, 3.63) is 42.1 Å². The molecule has 2 aromatic rings. The van der Waals surface area contributed by atoms with E-state index in [0.29, 0.717) is 5.69 Å². The quantitative estimate of drug-likeness (QED) is 0.375. The van der Waals surface area contributed by atoms with Gasteiger partial charge in [0.1, 0.15) is 12.6 Å². The molecule has 1 saturated heterocycles. The number of aromatic nitrogens is 2. The first kappa shape index (κ1) is 31.1. The number of carboxylic acid groups (broad SMARTS) is 1. The van der Waals surface area contributed by atoms with Crippen LogP contribution in [0.5, 0.6) is 5.88 Å². The Morgan fingerprint density at radius 1 is 1.05 bits per heavy atom. The van der Waals surface area contributed by atoms with Crippen LogP contribution in [0.4, 0.5) is 4.79 Å². The number of benzene rings is 1. The van der Waals surface area contributed by atoms with Gasteiger partial charge in [-0.3, -0.25) is 19.2 Å². The molecule has 1 atom stereocenters. The van der Waals surface area contributed by atoms with E-state index >= 15 is 0 Å². The van der Waals surface area contributed by atoms with Gasteiger partial charge in [0.25, 0.3) is 5.91 Å². The Labute approximate surface area is 237 Å². The van der Waals surface area contributed by atoms with Gasteiger partial charge in [0, 0.05) is 24.6 Å². The van der Waals surface area contributed by atoms with Gasteiger partial charge in [-0.1, -0.05) is 39.0 Å². The monoisotopic (exact) mass is 573 g/mol. The Balaban J connectivity index is 1.74. The molecule has 222 valence electrons. The summed E-state index contributed by atoms with van der Waals surface area (Å²) in [4.78, 5) is 68.3. The predicted molar refractivity (Wildman–Crippen MR) is 143 cm³/mol. The number of Topliss-reactive ketones (excluding diaryl/α,β-unsaturated/α-hetero) is 1. The van der Waals surface area contributed by atoms with Crippen LogP contribution in [-0.2, 0) is 24.0 Å². The van der Waals surface area contributed by atoms with Gasteiger partial charge in [-0.25, -0.2) is 9.48 Å². The summed E-state index contributed by atoms with van der Waals surface area (Å²) in [7, 11) is 0. The maximum absolute atomic E-state index is 13.2. The van der Waals surface area contributed by atoms with E-state index in [2.05, 4.69) is 10.4 Å². The van der Waals surface area contributed by atoms with Gasteiger partial charge in [-0.15, -0.1) is 5.06 Å². The highest BCUT2D eigenvalue weighted by atomic mass is 16.8. The number of hydrogen-bond donors (Lipinski definition) is 2. The molecule has 14 heteroatoms. The standard InChI is InChI=1S/C27H35N5O9/c1-5-39-26(38)41-31-13-11-30(12-14-31)25(37)20(16-23(34)35)28-24(36)19-15-22(40-17-21(33)27(2,3)4)32(29-19)18-9-7-6-8-10-18/h6-10,15,20H,5,11-14,16-17H2,1-4H3,(H,28,36)(H,34,35)/t20-/m0/s1. The molecule has 2 N–H and O–H groups in total. The second-order valence-corrected chi connectivity index (χ2v) is 10.2. The molecule has 3 rings (SSSR count). The minimum absolute atomic E-state index is 0.123. The third-order valence-corrected chi connectivity index (χ3v) is 6.10. The molecule has 1 aromatic carbocycles. The number of carbonyl (C=O) groups excluding carboxylic acids is 4.